The number of nitrogens with one attached hydrogen (secondary N) is 1. The highest BCUT2D eigenvalue weighted by Crippen LogP contribution is 2.40. The van der Waals surface area contributed by atoms with E-state index in [0.29, 0.717) is 19.4 Å². The molecule has 3 atom stereocenters. The van der Waals surface area contributed by atoms with Gasteiger partial charge in [0.2, 0.25) is 5.91 Å². The fraction of sp³-hybridized carbons (Fsp3) is 0.423. The number of amides is 1. The minimum absolute atomic E-state index is 0.0987. The molecule has 1 aliphatic heterocycles. The van der Waals surface area contributed by atoms with E-state index in [1.54, 1.807) is 0 Å². The number of hydrogen-bond donors (Lipinski definition) is 2. The van der Waals surface area contributed by atoms with Gasteiger partial charge in [-0.3, -0.25) is 4.79 Å². The summed E-state index contributed by atoms with van der Waals surface area (Å²) < 4.78 is 8.39. The number of aliphatic hydroxyl groups is 1. The molecule has 2 heterocycles. The quantitative estimate of drug-likeness (QED) is 0.557. The van der Waals surface area contributed by atoms with Crippen LogP contribution in [0.4, 0.5) is 0 Å². The van der Waals surface area contributed by atoms with E-state index in [1.807, 2.05) is 18.2 Å². The van der Waals surface area contributed by atoms with Gasteiger partial charge in [-0.05, 0) is 54.0 Å². The summed E-state index contributed by atoms with van der Waals surface area (Å²) in [6, 6.07) is 14.9. The van der Waals surface area contributed by atoms with Gasteiger partial charge >= 0.3 is 0 Å². The summed E-state index contributed by atoms with van der Waals surface area (Å²) in [4.78, 5) is 11.3. The van der Waals surface area contributed by atoms with E-state index in [1.165, 1.54) is 30.9 Å². The highest BCUT2D eigenvalue weighted by molar-refractivity contribution is 6.35. The number of carbonyl (C=O) groups is 1. The van der Waals surface area contributed by atoms with Crippen molar-refractivity contribution >= 4 is 28.4 Å². The summed E-state index contributed by atoms with van der Waals surface area (Å²) in [7, 11) is 0. The molecule has 1 saturated heterocycles. The summed E-state index contributed by atoms with van der Waals surface area (Å²) in [6.07, 6.45) is 5.48. The first kappa shape index (κ1) is 21.5. The maximum absolute atomic E-state index is 11.3. The molecular formula is C26H29ClN2O3. The van der Waals surface area contributed by atoms with Crippen LogP contribution in [0.2, 0.25) is 5.02 Å². The van der Waals surface area contributed by atoms with E-state index in [-0.39, 0.29) is 18.2 Å². The monoisotopic (exact) mass is 452 g/mol. The molecule has 6 heteroatoms. The molecule has 1 aliphatic carbocycles. The van der Waals surface area contributed by atoms with Crippen molar-refractivity contribution in [3.8, 4) is 0 Å². The second-order valence-corrected chi connectivity index (χ2v) is 9.57. The van der Waals surface area contributed by atoms with E-state index < -0.39 is 6.10 Å². The molecule has 5 nitrogen and oxygen atoms in total. The number of aromatic nitrogens is 1. The molecule has 5 rings (SSSR count). The van der Waals surface area contributed by atoms with Crippen molar-refractivity contribution in [3.63, 3.8) is 0 Å². The number of ether oxygens (including phenoxy) is 1. The maximum atomic E-state index is 11.3. The summed E-state index contributed by atoms with van der Waals surface area (Å²) in [5, 5.41) is 15.0. The lowest BCUT2D eigenvalue weighted by Gasteiger charge is -2.34. The van der Waals surface area contributed by atoms with Crippen LogP contribution in [0.3, 0.4) is 0 Å². The topological polar surface area (TPSA) is 63.5 Å². The Bertz CT molecular complexity index is 1120. The molecular weight excluding hydrogens is 424 g/mol. The molecule has 0 spiro atoms. The van der Waals surface area contributed by atoms with Crippen LogP contribution in [0, 0.1) is 0 Å². The zero-order valence-corrected chi connectivity index (χ0v) is 19.0. The van der Waals surface area contributed by atoms with Crippen LogP contribution >= 0.6 is 11.6 Å². The Balaban J connectivity index is 1.44. The van der Waals surface area contributed by atoms with E-state index in [9.17, 15) is 9.90 Å². The van der Waals surface area contributed by atoms with Gasteiger partial charge in [0, 0.05) is 37.9 Å². The first-order chi connectivity index (χ1) is 15.5. The van der Waals surface area contributed by atoms with Crippen LogP contribution in [0.5, 0.6) is 0 Å². The Morgan fingerprint density at radius 2 is 1.97 bits per heavy atom. The molecule has 2 aliphatic rings. The first-order valence-electron chi connectivity index (χ1n) is 11.4. The molecule has 168 valence electrons. The first-order valence-corrected chi connectivity index (χ1v) is 11.8. The van der Waals surface area contributed by atoms with Crippen LogP contribution in [-0.4, -0.2) is 34.3 Å². The number of hydrogen-bond acceptors (Lipinski definition) is 3. The van der Waals surface area contributed by atoms with Crippen molar-refractivity contribution in [1.29, 1.82) is 0 Å². The van der Waals surface area contributed by atoms with Gasteiger partial charge in [-0.1, -0.05) is 41.9 Å². The second-order valence-electron chi connectivity index (χ2n) is 9.16. The molecule has 1 saturated carbocycles. The third-order valence-electron chi connectivity index (χ3n) is 6.56. The van der Waals surface area contributed by atoms with Crippen molar-refractivity contribution in [2.45, 2.75) is 63.4 Å². The third kappa shape index (κ3) is 4.56. The molecule has 2 N–H and O–H groups in total. The number of fused-ring (bicyclic) bond motifs is 1. The summed E-state index contributed by atoms with van der Waals surface area (Å²) in [6.45, 7) is 1.88. The summed E-state index contributed by atoms with van der Waals surface area (Å²) >= 11 is 6.65. The normalized spacial score (nSPS) is 23.4. The molecule has 3 unspecified atom stereocenters. The second kappa shape index (κ2) is 8.89. The zero-order valence-electron chi connectivity index (χ0n) is 18.3. The fourth-order valence-electron chi connectivity index (χ4n) is 4.80. The van der Waals surface area contributed by atoms with Crippen LogP contribution in [0.25, 0.3) is 10.9 Å². The highest BCUT2D eigenvalue weighted by Gasteiger charge is 2.31. The van der Waals surface area contributed by atoms with Crippen LogP contribution < -0.4 is 5.32 Å². The average molecular weight is 453 g/mol. The zero-order chi connectivity index (χ0) is 22.2. The van der Waals surface area contributed by atoms with E-state index >= 15 is 0 Å². The van der Waals surface area contributed by atoms with Gasteiger partial charge in [0.25, 0.3) is 0 Å². The molecule has 2 fully saturated rings. The lowest BCUT2D eigenvalue weighted by atomic mass is 10.0. The predicted octanol–water partition coefficient (Wildman–Crippen LogP) is 4.94. The predicted molar refractivity (Wildman–Crippen MR) is 126 cm³/mol. The summed E-state index contributed by atoms with van der Waals surface area (Å²) in [5.74, 6) is 0.652. The van der Waals surface area contributed by atoms with Crippen molar-refractivity contribution in [3.05, 3.63) is 70.4 Å². The Hall–Kier alpha value is -2.34. The number of aliphatic hydroxyl groups excluding tert-OH is 1. The fourth-order valence-corrected chi connectivity index (χ4v) is 5.09. The number of rotatable bonds is 6. The van der Waals surface area contributed by atoms with Crippen molar-refractivity contribution in [1.82, 2.24) is 9.88 Å². The van der Waals surface area contributed by atoms with Crippen molar-refractivity contribution in [2.75, 3.05) is 6.54 Å². The highest BCUT2D eigenvalue weighted by atomic mass is 35.5. The smallest absolute Gasteiger partial charge is 0.216 e. The Morgan fingerprint density at radius 3 is 2.69 bits per heavy atom. The van der Waals surface area contributed by atoms with Gasteiger partial charge in [0.1, 0.15) is 6.23 Å². The van der Waals surface area contributed by atoms with E-state index in [0.717, 1.165) is 33.8 Å². The molecule has 3 aromatic rings. The molecule has 1 aromatic heterocycles. The number of benzene rings is 2. The Labute approximate surface area is 193 Å². The summed E-state index contributed by atoms with van der Waals surface area (Å²) in [5.41, 5.74) is 4.83. The Kier molecular flexibility index (Phi) is 5.97. The lowest BCUT2D eigenvalue weighted by molar-refractivity contribution is -0.132. The largest absolute Gasteiger partial charge is 0.393 e. The number of nitrogens with zero attached hydrogens (tertiary/aromatic N) is 1. The number of carbonyl (C=O) groups excluding carboxylic acids is 1. The van der Waals surface area contributed by atoms with Crippen LogP contribution in [-0.2, 0) is 16.0 Å². The SMILES string of the molecule is CC(=O)NCC1CC(O)CC(n2cc(Cc3ccc(C4CC4)cc3)c3c(Cl)cccc32)O1. The van der Waals surface area contributed by atoms with Gasteiger partial charge in [-0.25, -0.2) is 0 Å². The minimum Gasteiger partial charge on any atom is -0.393 e. The Morgan fingerprint density at radius 1 is 1.19 bits per heavy atom. The average Bonchev–Trinajstić information content (AvgIpc) is 3.55. The minimum atomic E-state index is -0.484. The van der Waals surface area contributed by atoms with Crippen molar-refractivity contribution < 1.29 is 14.6 Å². The standard InChI is InChI=1S/C26H29ClN2O3/c1-16(30)28-14-22-12-21(31)13-25(32-22)29-15-20(26-23(27)3-2-4-24(26)29)11-17-5-7-18(8-6-17)19-9-10-19/h2-8,15,19,21-22,25,31H,9-14H2,1H3,(H,28,30). The van der Waals surface area contributed by atoms with Crippen LogP contribution in [0.1, 0.15) is 61.4 Å². The van der Waals surface area contributed by atoms with E-state index in [4.69, 9.17) is 16.3 Å². The van der Waals surface area contributed by atoms with Gasteiger partial charge in [-0.2, -0.15) is 0 Å². The van der Waals surface area contributed by atoms with Gasteiger partial charge in [0.15, 0.2) is 0 Å². The molecule has 0 radical (unpaired) electrons. The maximum Gasteiger partial charge on any atom is 0.216 e. The third-order valence-corrected chi connectivity index (χ3v) is 6.87. The van der Waals surface area contributed by atoms with Crippen LogP contribution in [0.15, 0.2) is 48.7 Å². The van der Waals surface area contributed by atoms with Gasteiger partial charge in [-0.15, -0.1) is 0 Å². The van der Waals surface area contributed by atoms with Gasteiger partial charge in [0.05, 0.1) is 22.7 Å². The lowest BCUT2D eigenvalue weighted by Crippen LogP contribution is -2.40. The van der Waals surface area contributed by atoms with E-state index in [2.05, 4.69) is 40.3 Å². The van der Waals surface area contributed by atoms with Gasteiger partial charge < -0.3 is 19.7 Å². The molecule has 1 amide bonds. The number of halogens is 1. The van der Waals surface area contributed by atoms with Crippen molar-refractivity contribution in [2.24, 2.45) is 0 Å². The molecule has 2 aromatic carbocycles. The molecule has 32 heavy (non-hydrogen) atoms. The molecule has 0 bridgehead atoms.